The molecule has 0 radical (unpaired) electrons. The highest BCUT2D eigenvalue weighted by Gasteiger charge is 2.34. The summed E-state index contributed by atoms with van der Waals surface area (Å²) in [5.74, 6) is -0.699. The largest absolute Gasteiger partial charge is 0.444 e. The standard InChI is InChI=1S/C28H32N6O6/c1-28(2,3)40-27(39)34-9-4-5-19(34)18-12-20(35)32-25(31-18)26(38)30-13-15-6-7-16-8-10-33(14-17(16)11-15)22-21(29)23(36)24(22)37/h6-7,11-12,19H,4-5,8-10,13-14,29H2,1-3H3,(H,30,38)(H,31,32,35). The normalized spacial score (nSPS) is 17.1. The maximum absolute atomic E-state index is 13.0. The van der Waals surface area contributed by atoms with Crippen LogP contribution in [0.15, 0.2) is 38.6 Å². The lowest BCUT2D eigenvalue weighted by Gasteiger charge is -2.32. The molecule has 12 nitrogen and oxygen atoms in total. The van der Waals surface area contributed by atoms with E-state index in [-0.39, 0.29) is 23.7 Å². The first-order valence-electron chi connectivity index (χ1n) is 13.2. The second kappa shape index (κ2) is 10.2. The van der Waals surface area contributed by atoms with Gasteiger partial charge in [0.05, 0.1) is 11.7 Å². The summed E-state index contributed by atoms with van der Waals surface area (Å²) in [5.41, 5.74) is 6.93. The highest BCUT2D eigenvalue weighted by molar-refractivity contribution is 5.90. The summed E-state index contributed by atoms with van der Waals surface area (Å²) >= 11 is 0. The Morgan fingerprint density at radius 2 is 1.90 bits per heavy atom. The molecule has 1 unspecified atom stereocenters. The van der Waals surface area contributed by atoms with Gasteiger partial charge in [-0.2, -0.15) is 0 Å². The summed E-state index contributed by atoms with van der Waals surface area (Å²) < 4.78 is 5.50. The summed E-state index contributed by atoms with van der Waals surface area (Å²) in [7, 11) is 0. The molecule has 1 aromatic heterocycles. The molecule has 1 fully saturated rings. The minimum atomic E-state index is -0.663. The number of nitrogens with zero attached hydrogens (tertiary/aromatic N) is 3. The molecule has 2 aliphatic rings. The van der Waals surface area contributed by atoms with Gasteiger partial charge in [-0.3, -0.25) is 24.1 Å². The number of rotatable bonds is 5. The minimum Gasteiger partial charge on any atom is -0.444 e. The van der Waals surface area contributed by atoms with Crippen molar-refractivity contribution in [3.63, 3.8) is 0 Å². The number of benzene rings is 1. The Morgan fingerprint density at radius 3 is 2.62 bits per heavy atom. The van der Waals surface area contributed by atoms with Gasteiger partial charge < -0.3 is 25.7 Å². The number of hydrogen-bond acceptors (Lipinski definition) is 9. The number of fused-ring (bicyclic) bond motifs is 1. The monoisotopic (exact) mass is 548 g/mol. The zero-order chi connectivity index (χ0) is 28.8. The molecule has 2 amide bonds. The van der Waals surface area contributed by atoms with Crippen molar-refractivity contribution < 1.29 is 14.3 Å². The maximum Gasteiger partial charge on any atom is 0.410 e. The number of hydrogen-bond donors (Lipinski definition) is 3. The van der Waals surface area contributed by atoms with Gasteiger partial charge in [0.1, 0.15) is 17.0 Å². The number of nitrogen functional groups attached to an aromatic ring is 1. The number of amides is 2. The zero-order valence-electron chi connectivity index (χ0n) is 22.7. The van der Waals surface area contributed by atoms with Crippen molar-refractivity contribution in [2.45, 2.75) is 64.8 Å². The summed E-state index contributed by atoms with van der Waals surface area (Å²) in [6, 6.07) is 6.67. The molecule has 40 heavy (non-hydrogen) atoms. The van der Waals surface area contributed by atoms with E-state index in [0.717, 1.165) is 23.1 Å². The lowest BCUT2D eigenvalue weighted by Crippen LogP contribution is -2.44. The molecule has 12 heteroatoms. The molecule has 0 aliphatic carbocycles. The highest BCUT2D eigenvalue weighted by Crippen LogP contribution is 2.32. The number of nitrogens with two attached hydrogens (primary N) is 1. The quantitative estimate of drug-likeness (QED) is 0.400. The first-order chi connectivity index (χ1) is 18.9. The van der Waals surface area contributed by atoms with Crippen LogP contribution in [0.4, 0.5) is 16.2 Å². The summed E-state index contributed by atoms with van der Waals surface area (Å²) in [4.78, 5) is 71.8. The van der Waals surface area contributed by atoms with Crippen molar-refractivity contribution >= 4 is 23.4 Å². The third-order valence-electron chi connectivity index (χ3n) is 7.17. The summed E-state index contributed by atoms with van der Waals surface area (Å²) in [6.45, 7) is 7.02. The number of nitrogens with one attached hydrogen (secondary N) is 2. The molecule has 210 valence electrons. The molecule has 0 bridgehead atoms. The van der Waals surface area contributed by atoms with Crippen LogP contribution >= 0.6 is 0 Å². The van der Waals surface area contributed by atoms with Crippen LogP contribution in [0.3, 0.4) is 0 Å². The lowest BCUT2D eigenvalue weighted by atomic mass is 9.96. The fourth-order valence-corrected chi connectivity index (χ4v) is 5.26. The topological polar surface area (TPSA) is 168 Å². The van der Waals surface area contributed by atoms with Crippen molar-refractivity contribution in [1.29, 1.82) is 0 Å². The molecule has 0 spiro atoms. The molecular weight excluding hydrogens is 516 g/mol. The van der Waals surface area contributed by atoms with Crippen LogP contribution in [-0.4, -0.2) is 45.6 Å². The van der Waals surface area contributed by atoms with E-state index in [4.69, 9.17) is 10.5 Å². The number of likely N-dealkylation sites (tertiary alicyclic amines) is 1. The molecule has 3 aromatic rings. The Labute approximate surface area is 229 Å². The number of anilines is 2. The number of H-pyrrole nitrogens is 1. The van der Waals surface area contributed by atoms with E-state index in [2.05, 4.69) is 15.3 Å². The van der Waals surface area contributed by atoms with Gasteiger partial charge in [-0.05, 0) is 56.7 Å². The Kier molecular flexibility index (Phi) is 6.94. The van der Waals surface area contributed by atoms with Crippen molar-refractivity contribution in [2.75, 3.05) is 23.7 Å². The third kappa shape index (κ3) is 5.33. The average molecular weight is 549 g/mol. The number of carbonyl (C=O) groups is 2. The minimum absolute atomic E-state index is 0.00686. The molecule has 2 aromatic carbocycles. The maximum atomic E-state index is 13.0. The van der Waals surface area contributed by atoms with Gasteiger partial charge in [0.15, 0.2) is 5.82 Å². The van der Waals surface area contributed by atoms with Gasteiger partial charge >= 0.3 is 6.09 Å². The van der Waals surface area contributed by atoms with Crippen LogP contribution < -0.4 is 32.4 Å². The molecule has 2 aliphatic heterocycles. The number of aromatic amines is 1. The Hall–Kier alpha value is -4.48. The van der Waals surface area contributed by atoms with E-state index < -0.39 is 40.1 Å². The molecule has 5 rings (SSSR count). The SMILES string of the molecule is CC(C)(C)OC(=O)N1CCCC1c1cc(=O)[nH]c(C(=O)NCc2ccc3c(c2)CN(c2c(N)c(=O)c2=O)CC3)n1. The smallest absolute Gasteiger partial charge is 0.410 e. The fraction of sp³-hybridized carbons (Fsp3) is 0.429. The van der Waals surface area contributed by atoms with Crippen LogP contribution in [0.5, 0.6) is 0 Å². The molecule has 1 saturated heterocycles. The van der Waals surface area contributed by atoms with E-state index in [1.54, 1.807) is 25.7 Å². The first kappa shape index (κ1) is 27.1. The number of aromatic nitrogens is 2. The van der Waals surface area contributed by atoms with Crippen LogP contribution in [0, 0.1) is 0 Å². The van der Waals surface area contributed by atoms with Gasteiger partial charge in [0.2, 0.25) is 0 Å². The van der Waals surface area contributed by atoms with Gasteiger partial charge in [-0.25, -0.2) is 9.78 Å². The third-order valence-corrected chi connectivity index (χ3v) is 7.17. The average Bonchev–Trinajstić information content (AvgIpc) is 3.40. The van der Waals surface area contributed by atoms with Crippen molar-refractivity contribution in [3.8, 4) is 0 Å². The van der Waals surface area contributed by atoms with Crippen molar-refractivity contribution in [2.24, 2.45) is 0 Å². The fourth-order valence-electron chi connectivity index (χ4n) is 5.26. The number of ether oxygens (including phenoxy) is 1. The van der Waals surface area contributed by atoms with E-state index >= 15 is 0 Å². The molecule has 0 saturated carbocycles. The van der Waals surface area contributed by atoms with Crippen molar-refractivity contribution in [1.82, 2.24) is 20.2 Å². The predicted molar refractivity (Wildman–Crippen MR) is 148 cm³/mol. The van der Waals surface area contributed by atoms with Gasteiger partial charge in [-0.15, -0.1) is 0 Å². The van der Waals surface area contributed by atoms with E-state index in [1.165, 1.54) is 6.07 Å². The van der Waals surface area contributed by atoms with Gasteiger partial charge in [0.25, 0.3) is 22.3 Å². The molecule has 4 N–H and O–H groups in total. The summed E-state index contributed by atoms with van der Waals surface area (Å²) in [6.07, 6.45) is 1.54. The van der Waals surface area contributed by atoms with Crippen LogP contribution in [0.1, 0.15) is 72.7 Å². The summed E-state index contributed by atoms with van der Waals surface area (Å²) in [5, 5.41) is 2.79. The Morgan fingerprint density at radius 1 is 1.12 bits per heavy atom. The lowest BCUT2D eigenvalue weighted by molar-refractivity contribution is 0.0221. The van der Waals surface area contributed by atoms with Crippen LogP contribution in [0.2, 0.25) is 0 Å². The van der Waals surface area contributed by atoms with Gasteiger partial charge in [0, 0.05) is 32.2 Å². The van der Waals surface area contributed by atoms with E-state index in [9.17, 15) is 24.0 Å². The van der Waals surface area contributed by atoms with Crippen LogP contribution in [0.25, 0.3) is 0 Å². The predicted octanol–water partition coefficient (Wildman–Crippen LogP) is 1.51. The first-order valence-corrected chi connectivity index (χ1v) is 13.2. The Bertz CT molecular complexity index is 1610. The zero-order valence-corrected chi connectivity index (χ0v) is 22.7. The number of carbonyl (C=O) groups excluding carboxylic acids is 2. The highest BCUT2D eigenvalue weighted by atomic mass is 16.6. The molecular formula is C28H32N6O6. The molecule has 3 heterocycles. The van der Waals surface area contributed by atoms with Crippen LogP contribution in [-0.2, 0) is 24.2 Å². The second-order valence-electron chi connectivity index (χ2n) is 11.2. The van der Waals surface area contributed by atoms with E-state index in [1.807, 2.05) is 23.1 Å². The molecule has 1 atom stereocenters. The van der Waals surface area contributed by atoms with E-state index in [0.29, 0.717) is 38.2 Å². The Balaban J connectivity index is 1.27. The van der Waals surface area contributed by atoms with Crippen molar-refractivity contribution in [3.05, 3.63) is 83.3 Å². The van der Waals surface area contributed by atoms with Gasteiger partial charge in [-0.1, -0.05) is 18.2 Å². The second-order valence-corrected chi connectivity index (χ2v) is 11.2.